The summed E-state index contributed by atoms with van der Waals surface area (Å²) in [5.41, 5.74) is 19.3. The van der Waals surface area contributed by atoms with Crippen molar-refractivity contribution in [1.82, 2.24) is 9.97 Å². The molecule has 1 fully saturated rings. The molecule has 3 aliphatic carbocycles. The van der Waals surface area contributed by atoms with Crippen LogP contribution in [0.4, 0.5) is 0 Å². The summed E-state index contributed by atoms with van der Waals surface area (Å²) in [6.45, 7) is 4.79. The fourth-order valence-corrected chi connectivity index (χ4v) is 9.92. The fraction of sp³-hybridized carbons (Fsp3) is 0.184. The van der Waals surface area contributed by atoms with Gasteiger partial charge in [0.15, 0.2) is 11.4 Å². The first-order valence-electron chi connectivity index (χ1n) is 18.8. The summed E-state index contributed by atoms with van der Waals surface area (Å²) in [4.78, 5) is 10.2. The van der Waals surface area contributed by atoms with Crippen molar-refractivity contribution in [2.75, 3.05) is 0 Å². The number of benzene rings is 6. The summed E-state index contributed by atoms with van der Waals surface area (Å²) in [7, 11) is 0. The van der Waals surface area contributed by atoms with Gasteiger partial charge in [-0.3, -0.25) is 0 Å². The second-order valence-corrected chi connectivity index (χ2v) is 15.6. The van der Waals surface area contributed by atoms with Crippen molar-refractivity contribution in [2.24, 2.45) is 0 Å². The highest BCUT2D eigenvalue weighted by atomic mass is 16.3. The Labute approximate surface area is 304 Å². The van der Waals surface area contributed by atoms with Gasteiger partial charge < -0.3 is 4.42 Å². The average Bonchev–Trinajstić information content (AvgIpc) is 3.78. The number of hydrogen-bond acceptors (Lipinski definition) is 3. The zero-order valence-electron chi connectivity index (χ0n) is 29.5. The normalized spacial score (nSPS) is 16.2. The van der Waals surface area contributed by atoms with Gasteiger partial charge >= 0.3 is 0 Å². The molecule has 0 bridgehead atoms. The molecule has 52 heavy (non-hydrogen) atoms. The van der Waals surface area contributed by atoms with Crippen LogP contribution in [0.25, 0.3) is 78.1 Å². The molecule has 0 aliphatic heterocycles. The molecule has 0 saturated heterocycles. The molecule has 3 nitrogen and oxygen atoms in total. The topological polar surface area (TPSA) is 38.9 Å². The van der Waals surface area contributed by atoms with E-state index in [4.69, 9.17) is 14.4 Å². The van der Waals surface area contributed by atoms with Gasteiger partial charge in [0.25, 0.3) is 0 Å². The molecule has 1 saturated carbocycles. The molecule has 0 radical (unpaired) electrons. The van der Waals surface area contributed by atoms with E-state index < -0.39 is 0 Å². The standard InChI is InChI=1S/C49H38N2O/c1-48(2)39-20-9-7-18-34(39)37-29-42-38(28-41(37)48)36-27-32(22-23-40(36)49(42)24-11-4-12-25-49)31-16-13-17-33(26-31)44-46-45(35-19-8-10-21-43(35)52-46)51-47(50-44)30-14-5-3-6-15-30/h3,5-10,13-23,26-29H,4,11-12,24-25H2,1-2H3. The summed E-state index contributed by atoms with van der Waals surface area (Å²) in [5, 5.41) is 1.00. The number of rotatable bonds is 3. The second kappa shape index (κ2) is 10.9. The van der Waals surface area contributed by atoms with E-state index in [-0.39, 0.29) is 10.8 Å². The molecule has 0 N–H and O–H groups in total. The minimum atomic E-state index is -0.0342. The predicted octanol–water partition coefficient (Wildman–Crippen LogP) is 12.9. The third-order valence-corrected chi connectivity index (χ3v) is 12.5. The Bertz CT molecular complexity index is 2750. The van der Waals surface area contributed by atoms with Crippen LogP contribution in [0.15, 0.2) is 138 Å². The molecule has 250 valence electrons. The van der Waals surface area contributed by atoms with E-state index in [1.807, 2.05) is 36.4 Å². The number of fused-ring (bicyclic) bond motifs is 11. The van der Waals surface area contributed by atoms with Crippen molar-refractivity contribution in [3.63, 3.8) is 0 Å². The smallest absolute Gasteiger partial charge is 0.180 e. The van der Waals surface area contributed by atoms with Crippen LogP contribution < -0.4 is 0 Å². The van der Waals surface area contributed by atoms with Crippen molar-refractivity contribution in [1.29, 1.82) is 0 Å². The van der Waals surface area contributed by atoms with E-state index in [1.165, 1.54) is 82.2 Å². The Morgan fingerprint density at radius 3 is 2.08 bits per heavy atom. The lowest BCUT2D eigenvalue weighted by Crippen LogP contribution is -2.28. The van der Waals surface area contributed by atoms with Gasteiger partial charge in [0.2, 0.25) is 0 Å². The molecule has 6 aromatic carbocycles. The first-order chi connectivity index (χ1) is 25.5. The quantitative estimate of drug-likeness (QED) is 0.188. The van der Waals surface area contributed by atoms with Crippen LogP contribution in [0.3, 0.4) is 0 Å². The van der Waals surface area contributed by atoms with Gasteiger partial charge in [-0.25, -0.2) is 9.97 Å². The molecular weight excluding hydrogens is 633 g/mol. The largest absolute Gasteiger partial charge is 0.452 e. The third-order valence-electron chi connectivity index (χ3n) is 12.5. The molecule has 3 heteroatoms. The maximum atomic E-state index is 6.49. The van der Waals surface area contributed by atoms with Crippen molar-refractivity contribution in [2.45, 2.75) is 56.8 Å². The van der Waals surface area contributed by atoms with Crippen molar-refractivity contribution in [3.05, 3.63) is 156 Å². The number of hydrogen-bond donors (Lipinski definition) is 0. The van der Waals surface area contributed by atoms with Crippen LogP contribution in [0, 0.1) is 0 Å². The Morgan fingerprint density at radius 2 is 1.19 bits per heavy atom. The van der Waals surface area contributed by atoms with Gasteiger partial charge in [-0.1, -0.05) is 130 Å². The summed E-state index contributed by atoms with van der Waals surface area (Å²) in [6, 6.07) is 48.7. The maximum absolute atomic E-state index is 6.49. The monoisotopic (exact) mass is 670 g/mol. The van der Waals surface area contributed by atoms with Crippen LogP contribution in [0.5, 0.6) is 0 Å². The second-order valence-electron chi connectivity index (χ2n) is 15.6. The van der Waals surface area contributed by atoms with Gasteiger partial charge in [0.05, 0.1) is 0 Å². The van der Waals surface area contributed by atoms with E-state index in [0.717, 1.165) is 38.9 Å². The van der Waals surface area contributed by atoms with Gasteiger partial charge in [0.1, 0.15) is 16.8 Å². The van der Waals surface area contributed by atoms with Gasteiger partial charge in [-0.15, -0.1) is 0 Å². The summed E-state index contributed by atoms with van der Waals surface area (Å²) >= 11 is 0. The molecule has 0 unspecified atom stereocenters. The molecule has 11 rings (SSSR count). The zero-order valence-corrected chi connectivity index (χ0v) is 29.5. The first-order valence-corrected chi connectivity index (χ1v) is 18.8. The van der Waals surface area contributed by atoms with Gasteiger partial charge in [0, 0.05) is 27.3 Å². The Hall–Kier alpha value is -5.80. The number of nitrogens with zero attached hydrogens (tertiary/aromatic N) is 2. The SMILES string of the molecule is CC1(C)c2ccccc2-c2cc3c(cc21)-c1cc(-c2cccc(-c4nc(-c5ccccc5)nc5c4oc4ccccc45)c2)ccc1C31CCCCC1. The molecule has 3 aliphatic rings. The number of furan rings is 1. The molecule has 8 aromatic rings. The molecule has 2 aromatic heterocycles. The first kappa shape index (κ1) is 29.9. The van der Waals surface area contributed by atoms with Crippen LogP contribution in [0.2, 0.25) is 0 Å². The van der Waals surface area contributed by atoms with Crippen LogP contribution in [-0.4, -0.2) is 9.97 Å². The maximum Gasteiger partial charge on any atom is 0.180 e. The van der Waals surface area contributed by atoms with Crippen molar-refractivity contribution < 1.29 is 4.42 Å². The third kappa shape index (κ3) is 4.14. The van der Waals surface area contributed by atoms with E-state index in [1.54, 1.807) is 5.56 Å². The molecule has 1 spiro atoms. The number of aromatic nitrogens is 2. The van der Waals surface area contributed by atoms with Gasteiger partial charge in [-0.2, -0.15) is 0 Å². The van der Waals surface area contributed by atoms with Crippen molar-refractivity contribution in [3.8, 4) is 56.0 Å². The highest BCUT2D eigenvalue weighted by Crippen LogP contribution is 2.60. The van der Waals surface area contributed by atoms with Crippen LogP contribution in [-0.2, 0) is 10.8 Å². The lowest BCUT2D eigenvalue weighted by molar-refractivity contribution is 0.353. The Morgan fingerprint density at radius 1 is 0.500 bits per heavy atom. The van der Waals surface area contributed by atoms with E-state index >= 15 is 0 Å². The fourth-order valence-electron chi connectivity index (χ4n) is 9.92. The molecule has 2 heterocycles. The molecule has 0 atom stereocenters. The summed E-state index contributed by atoms with van der Waals surface area (Å²) in [6.07, 6.45) is 6.32. The highest BCUT2D eigenvalue weighted by Gasteiger charge is 2.46. The van der Waals surface area contributed by atoms with E-state index in [2.05, 4.69) is 111 Å². The van der Waals surface area contributed by atoms with Crippen LogP contribution in [0.1, 0.15) is 68.2 Å². The minimum Gasteiger partial charge on any atom is -0.452 e. The minimum absolute atomic E-state index is 0.0342. The average molecular weight is 671 g/mol. The Balaban J connectivity index is 1.08. The van der Waals surface area contributed by atoms with Gasteiger partial charge in [-0.05, 0) is 105 Å². The predicted molar refractivity (Wildman–Crippen MR) is 212 cm³/mol. The molecular formula is C49H38N2O. The summed E-state index contributed by atoms with van der Waals surface area (Å²) in [5.74, 6) is 0.699. The lowest BCUT2D eigenvalue weighted by Gasteiger charge is -2.36. The highest BCUT2D eigenvalue weighted by molar-refractivity contribution is 6.07. The molecule has 0 amide bonds. The lowest BCUT2D eigenvalue weighted by atomic mass is 9.67. The Kier molecular flexibility index (Phi) is 6.24. The number of para-hydroxylation sites is 1. The van der Waals surface area contributed by atoms with E-state index in [0.29, 0.717) is 5.82 Å². The zero-order chi connectivity index (χ0) is 34.6. The van der Waals surface area contributed by atoms with Crippen molar-refractivity contribution >= 4 is 22.1 Å². The summed E-state index contributed by atoms with van der Waals surface area (Å²) < 4.78 is 6.49. The van der Waals surface area contributed by atoms with Crippen LogP contribution >= 0.6 is 0 Å². The van der Waals surface area contributed by atoms with E-state index in [9.17, 15) is 0 Å².